The zero-order valence-corrected chi connectivity index (χ0v) is 12.8. The predicted octanol–water partition coefficient (Wildman–Crippen LogP) is 4.96. The molecule has 4 unspecified atom stereocenters. The van der Waals surface area contributed by atoms with Crippen LogP contribution < -0.4 is 5.32 Å². The molecular weight excluding hydrogens is 273 g/mol. The molecule has 3 heteroatoms. The minimum absolute atomic E-state index is 0.100. The van der Waals surface area contributed by atoms with Crippen molar-refractivity contribution in [3.63, 3.8) is 0 Å². The van der Waals surface area contributed by atoms with E-state index >= 15 is 0 Å². The minimum atomic E-state index is -0.136. The standard InChI is InChI=1S/C17H23ClFN/c1-2-20-17(15-10-14(18)5-6-16(15)19)9-13-8-11-3-4-12(13)7-11/h5-6,10-13,17,20H,2-4,7-9H2,1H3. The summed E-state index contributed by atoms with van der Waals surface area (Å²) in [7, 11) is 0. The molecule has 2 aliphatic carbocycles. The third-order valence-corrected chi connectivity index (χ3v) is 5.44. The van der Waals surface area contributed by atoms with E-state index in [0.29, 0.717) is 5.02 Å². The van der Waals surface area contributed by atoms with E-state index in [1.807, 2.05) is 0 Å². The van der Waals surface area contributed by atoms with Crippen LogP contribution >= 0.6 is 11.6 Å². The Morgan fingerprint density at radius 1 is 1.35 bits per heavy atom. The lowest BCUT2D eigenvalue weighted by atomic mass is 9.82. The van der Waals surface area contributed by atoms with Gasteiger partial charge in [-0.3, -0.25) is 0 Å². The van der Waals surface area contributed by atoms with E-state index in [2.05, 4.69) is 12.2 Å². The van der Waals surface area contributed by atoms with Gasteiger partial charge in [0.15, 0.2) is 0 Å². The Balaban J connectivity index is 1.76. The van der Waals surface area contributed by atoms with Crippen LogP contribution in [0.5, 0.6) is 0 Å². The van der Waals surface area contributed by atoms with Crippen molar-refractivity contribution < 1.29 is 4.39 Å². The summed E-state index contributed by atoms with van der Waals surface area (Å²) in [6.45, 7) is 2.94. The molecule has 0 spiro atoms. The van der Waals surface area contributed by atoms with Crippen molar-refractivity contribution in [2.75, 3.05) is 6.54 Å². The lowest BCUT2D eigenvalue weighted by molar-refractivity contribution is 0.278. The molecule has 2 fully saturated rings. The second kappa shape index (κ2) is 6.03. The highest BCUT2D eigenvalue weighted by Crippen LogP contribution is 2.51. The molecule has 20 heavy (non-hydrogen) atoms. The van der Waals surface area contributed by atoms with Crippen molar-refractivity contribution in [3.05, 3.63) is 34.6 Å². The molecule has 0 aliphatic heterocycles. The predicted molar refractivity (Wildman–Crippen MR) is 81.4 cm³/mol. The van der Waals surface area contributed by atoms with Crippen LogP contribution in [-0.2, 0) is 0 Å². The van der Waals surface area contributed by atoms with Crippen molar-refractivity contribution in [3.8, 4) is 0 Å². The average Bonchev–Trinajstić information content (AvgIpc) is 3.03. The van der Waals surface area contributed by atoms with Gasteiger partial charge in [-0.15, -0.1) is 0 Å². The monoisotopic (exact) mass is 295 g/mol. The lowest BCUT2D eigenvalue weighted by Crippen LogP contribution is -2.26. The van der Waals surface area contributed by atoms with Crippen LogP contribution in [0.3, 0.4) is 0 Å². The zero-order chi connectivity index (χ0) is 14.1. The topological polar surface area (TPSA) is 12.0 Å². The first-order chi connectivity index (χ1) is 9.67. The van der Waals surface area contributed by atoms with Crippen LogP contribution in [0.15, 0.2) is 18.2 Å². The fraction of sp³-hybridized carbons (Fsp3) is 0.647. The van der Waals surface area contributed by atoms with Crippen LogP contribution in [0.25, 0.3) is 0 Å². The Morgan fingerprint density at radius 3 is 2.85 bits per heavy atom. The van der Waals surface area contributed by atoms with Gasteiger partial charge in [-0.25, -0.2) is 4.39 Å². The molecule has 3 rings (SSSR count). The molecule has 4 atom stereocenters. The van der Waals surface area contributed by atoms with Crippen LogP contribution in [0.4, 0.5) is 4.39 Å². The quantitative estimate of drug-likeness (QED) is 0.810. The smallest absolute Gasteiger partial charge is 0.128 e. The second-order valence-electron chi connectivity index (χ2n) is 6.45. The third-order valence-electron chi connectivity index (χ3n) is 5.21. The van der Waals surface area contributed by atoms with Crippen molar-refractivity contribution in [2.45, 2.75) is 45.1 Å². The van der Waals surface area contributed by atoms with E-state index in [-0.39, 0.29) is 11.9 Å². The summed E-state index contributed by atoms with van der Waals surface area (Å²) in [4.78, 5) is 0. The molecule has 0 heterocycles. The summed E-state index contributed by atoms with van der Waals surface area (Å²) in [5, 5.41) is 4.08. The summed E-state index contributed by atoms with van der Waals surface area (Å²) in [5.41, 5.74) is 0.738. The number of hydrogen-bond acceptors (Lipinski definition) is 1. The van der Waals surface area contributed by atoms with Gasteiger partial charge in [0.25, 0.3) is 0 Å². The first-order valence-electron chi connectivity index (χ1n) is 7.85. The van der Waals surface area contributed by atoms with Gasteiger partial charge in [0.1, 0.15) is 5.82 Å². The van der Waals surface area contributed by atoms with Crippen molar-refractivity contribution in [2.24, 2.45) is 17.8 Å². The summed E-state index contributed by atoms with van der Waals surface area (Å²) in [6.07, 6.45) is 6.59. The van der Waals surface area contributed by atoms with Gasteiger partial charge in [-0.2, -0.15) is 0 Å². The van der Waals surface area contributed by atoms with E-state index in [9.17, 15) is 4.39 Å². The van der Waals surface area contributed by atoms with Crippen LogP contribution in [-0.4, -0.2) is 6.54 Å². The maximum atomic E-state index is 14.1. The van der Waals surface area contributed by atoms with Gasteiger partial charge in [-0.05, 0) is 68.2 Å². The second-order valence-corrected chi connectivity index (χ2v) is 6.88. The SMILES string of the molecule is CCNC(CC1CC2CCC1C2)c1cc(Cl)ccc1F. The fourth-order valence-corrected chi connectivity index (χ4v) is 4.50. The van der Waals surface area contributed by atoms with Crippen molar-refractivity contribution in [1.29, 1.82) is 0 Å². The Bertz CT molecular complexity index is 476. The number of benzene rings is 1. The fourth-order valence-electron chi connectivity index (χ4n) is 4.32. The third kappa shape index (κ3) is 2.87. The maximum absolute atomic E-state index is 14.1. The minimum Gasteiger partial charge on any atom is -0.310 e. The summed E-state index contributed by atoms with van der Waals surface area (Å²) in [5.74, 6) is 2.44. The molecule has 0 amide bonds. The summed E-state index contributed by atoms with van der Waals surface area (Å²) >= 11 is 6.05. The summed E-state index contributed by atoms with van der Waals surface area (Å²) in [6, 6.07) is 5.00. The first kappa shape index (κ1) is 14.3. The molecule has 1 aromatic carbocycles. The van der Waals surface area contributed by atoms with E-state index in [4.69, 9.17) is 11.6 Å². The van der Waals surface area contributed by atoms with Crippen LogP contribution in [0.2, 0.25) is 5.02 Å². The molecule has 1 aromatic rings. The van der Waals surface area contributed by atoms with Gasteiger partial charge < -0.3 is 5.32 Å². The Kier molecular flexibility index (Phi) is 4.32. The normalized spacial score (nSPS) is 29.9. The van der Waals surface area contributed by atoms with Gasteiger partial charge in [0.05, 0.1) is 0 Å². The van der Waals surface area contributed by atoms with Crippen molar-refractivity contribution in [1.82, 2.24) is 5.32 Å². The number of hydrogen-bond donors (Lipinski definition) is 1. The zero-order valence-electron chi connectivity index (χ0n) is 12.0. The van der Waals surface area contributed by atoms with E-state index in [0.717, 1.165) is 36.3 Å². The molecule has 2 bridgehead atoms. The number of nitrogens with one attached hydrogen (secondary N) is 1. The van der Waals surface area contributed by atoms with Gasteiger partial charge in [0.2, 0.25) is 0 Å². The molecule has 1 N–H and O–H groups in total. The Labute approximate surface area is 125 Å². The molecule has 1 nitrogen and oxygen atoms in total. The van der Waals surface area contributed by atoms with E-state index in [1.54, 1.807) is 12.1 Å². The highest BCUT2D eigenvalue weighted by molar-refractivity contribution is 6.30. The summed E-state index contributed by atoms with van der Waals surface area (Å²) < 4.78 is 14.1. The average molecular weight is 296 g/mol. The van der Waals surface area contributed by atoms with E-state index in [1.165, 1.54) is 31.7 Å². The maximum Gasteiger partial charge on any atom is 0.128 e. The van der Waals surface area contributed by atoms with Crippen LogP contribution in [0, 0.1) is 23.6 Å². The molecule has 2 aliphatic rings. The Hall–Kier alpha value is -0.600. The van der Waals surface area contributed by atoms with Crippen molar-refractivity contribution >= 4 is 11.6 Å². The van der Waals surface area contributed by atoms with Gasteiger partial charge >= 0.3 is 0 Å². The molecular formula is C17H23ClFN. The highest BCUT2D eigenvalue weighted by atomic mass is 35.5. The Morgan fingerprint density at radius 2 is 2.20 bits per heavy atom. The van der Waals surface area contributed by atoms with E-state index < -0.39 is 0 Å². The van der Waals surface area contributed by atoms with Gasteiger partial charge in [-0.1, -0.05) is 24.9 Å². The highest BCUT2D eigenvalue weighted by Gasteiger charge is 2.40. The number of rotatable bonds is 5. The number of halogens is 2. The first-order valence-corrected chi connectivity index (χ1v) is 8.23. The molecule has 2 saturated carbocycles. The lowest BCUT2D eigenvalue weighted by Gasteiger charge is -2.28. The molecule has 0 aromatic heterocycles. The number of fused-ring (bicyclic) bond motifs is 2. The molecule has 110 valence electrons. The van der Waals surface area contributed by atoms with Crippen LogP contribution in [0.1, 0.15) is 50.6 Å². The van der Waals surface area contributed by atoms with Gasteiger partial charge in [0, 0.05) is 16.6 Å². The molecule has 0 saturated heterocycles. The largest absolute Gasteiger partial charge is 0.310 e. The molecule has 0 radical (unpaired) electrons.